The number of carbonyl (C=O) groups is 3. The lowest BCUT2D eigenvalue weighted by Crippen LogP contribution is -2.50. The molecule has 0 aromatic heterocycles. The molecule has 0 spiro atoms. The molecule has 0 aromatic carbocycles. The largest absolute Gasteiger partial charge is 0.450 e. The van der Waals surface area contributed by atoms with Gasteiger partial charge in [0.25, 0.3) is 0 Å². The fourth-order valence-electron chi connectivity index (χ4n) is 7.23. The molecular formula is C24H34O7. The molecule has 2 bridgehead atoms. The van der Waals surface area contributed by atoms with Crippen LogP contribution in [0.3, 0.4) is 0 Å². The smallest absolute Gasteiger partial charge is 0.350 e. The highest BCUT2D eigenvalue weighted by molar-refractivity contribution is 5.80. The van der Waals surface area contributed by atoms with Gasteiger partial charge < -0.3 is 18.9 Å². The van der Waals surface area contributed by atoms with Gasteiger partial charge in [-0.1, -0.05) is 39.3 Å². The molecule has 0 radical (unpaired) electrons. The van der Waals surface area contributed by atoms with E-state index in [2.05, 4.69) is 27.4 Å². The summed E-state index contributed by atoms with van der Waals surface area (Å²) in [6.45, 7) is 14.1. The van der Waals surface area contributed by atoms with Crippen LogP contribution >= 0.6 is 0 Å². The average Bonchev–Trinajstić information content (AvgIpc) is 3.13. The molecule has 2 saturated heterocycles. The van der Waals surface area contributed by atoms with E-state index in [-0.39, 0.29) is 16.7 Å². The second-order valence-corrected chi connectivity index (χ2v) is 10.7. The minimum Gasteiger partial charge on any atom is -0.450 e. The molecule has 0 unspecified atom stereocenters. The van der Waals surface area contributed by atoms with E-state index in [1.54, 1.807) is 0 Å². The maximum absolute atomic E-state index is 12.5. The minimum absolute atomic E-state index is 0.105. The number of esters is 3. The Morgan fingerprint density at radius 3 is 2.39 bits per heavy atom. The van der Waals surface area contributed by atoms with Crippen molar-refractivity contribution in [2.75, 3.05) is 0 Å². The standard InChI is InChI=1S/C24H34O7/c1-12(15-8-9-16-23(4,5)10-7-11-24(15,16)6)17-18-19(28-13(2)25)20(27)30-21(17)31-22(18)29-14(3)26/h15-19,21-22H,1,7-11H2,2-6H3/t15-,16+,17+,18+,19+,21-,22-,24-/m1/s1. The molecule has 8 atom stereocenters. The summed E-state index contributed by atoms with van der Waals surface area (Å²) in [6, 6.07) is 0. The number of carbonyl (C=O) groups excluding carboxylic acids is 3. The fourth-order valence-corrected chi connectivity index (χ4v) is 7.23. The highest BCUT2D eigenvalue weighted by Crippen LogP contribution is 2.64. The fraction of sp³-hybridized carbons (Fsp3) is 0.792. The summed E-state index contributed by atoms with van der Waals surface area (Å²) in [5, 5.41) is 0. The molecule has 7 heteroatoms. The Hall–Kier alpha value is -1.89. The van der Waals surface area contributed by atoms with Gasteiger partial charge in [-0.15, -0.1) is 0 Å². The van der Waals surface area contributed by atoms with Gasteiger partial charge in [0, 0.05) is 13.8 Å². The number of hydrogen-bond acceptors (Lipinski definition) is 7. The summed E-state index contributed by atoms with van der Waals surface area (Å²) in [5.41, 5.74) is 1.34. The zero-order chi connectivity index (χ0) is 22.7. The van der Waals surface area contributed by atoms with Crippen LogP contribution in [0.15, 0.2) is 12.2 Å². The van der Waals surface area contributed by atoms with Crippen LogP contribution in [-0.2, 0) is 33.3 Å². The van der Waals surface area contributed by atoms with Crippen LogP contribution in [0.25, 0.3) is 0 Å². The lowest BCUT2D eigenvalue weighted by atomic mass is 9.54. The quantitative estimate of drug-likeness (QED) is 0.378. The summed E-state index contributed by atoms with van der Waals surface area (Å²) < 4.78 is 22.1. The Kier molecular flexibility index (Phi) is 5.48. The maximum atomic E-state index is 12.5. The maximum Gasteiger partial charge on any atom is 0.350 e. The van der Waals surface area contributed by atoms with Crippen LogP contribution in [0.5, 0.6) is 0 Å². The van der Waals surface area contributed by atoms with E-state index in [4.69, 9.17) is 18.9 Å². The second-order valence-electron chi connectivity index (χ2n) is 10.7. The zero-order valence-electron chi connectivity index (χ0n) is 19.1. The molecule has 172 valence electrons. The summed E-state index contributed by atoms with van der Waals surface area (Å²) in [5.74, 6) is -2.02. The van der Waals surface area contributed by atoms with Gasteiger partial charge in [-0.3, -0.25) is 9.59 Å². The molecule has 0 amide bonds. The third-order valence-electron chi connectivity index (χ3n) is 8.37. The van der Waals surface area contributed by atoms with Crippen molar-refractivity contribution in [3.8, 4) is 0 Å². The van der Waals surface area contributed by atoms with Gasteiger partial charge in [-0.25, -0.2) is 4.79 Å². The highest BCUT2D eigenvalue weighted by Gasteiger charge is 2.63. The van der Waals surface area contributed by atoms with E-state index in [1.165, 1.54) is 26.7 Å². The van der Waals surface area contributed by atoms with Crippen molar-refractivity contribution in [3.05, 3.63) is 12.2 Å². The summed E-state index contributed by atoms with van der Waals surface area (Å²) in [7, 11) is 0. The average molecular weight is 435 g/mol. The van der Waals surface area contributed by atoms with Crippen LogP contribution in [0.2, 0.25) is 0 Å². The lowest BCUT2D eigenvalue weighted by molar-refractivity contribution is -0.209. The Labute approximate surface area is 183 Å². The molecular weight excluding hydrogens is 400 g/mol. The van der Waals surface area contributed by atoms with Crippen LogP contribution in [-0.4, -0.2) is 36.6 Å². The van der Waals surface area contributed by atoms with Gasteiger partial charge in [0.05, 0.1) is 11.8 Å². The minimum atomic E-state index is -1.19. The first-order valence-corrected chi connectivity index (χ1v) is 11.3. The van der Waals surface area contributed by atoms with E-state index in [1.807, 2.05) is 0 Å². The molecule has 4 aliphatic rings. The molecule has 31 heavy (non-hydrogen) atoms. The van der Waals surface area contributed by atoms with Crippen LogP contribution in [0.1, 0.15) is 66.7 Å². The van der Waals surface area contributed by atoms with Gasteiger partial charge in [0.1, 0.15) is 0 Å². The van der Waals surface area contributed by atoms with Crippen LogP contribution in [0.4, 0.5) is 0 Å². The van der Waals surface area contributed by atoms with Crippen molar-refractivity contribution in [2.24, 2.45) is 34.5 Å². The first kappa shape index (κ1) is 22.3. The van der Waals surface area contributed by atoms with Gasteiger partial charge in [-0.2, -0.15) is 0 Å². The monoisotopic (exact) mass is 434 g/mol. The van der Waals surface area contributed by atoms with Gasteiger partial charge >= 0.3 is 17.9 Å². The Morgan fingerprint density at radius 1 is 1.06 bits per heavy atom. The van der Waals surface area contributed by atoms with E-state index in [0.29, 0.717) is 5.92 Å². The number of rotatable bonds is 4. The predicted octanol–water partition coefficient (Wildman–Crippen LogP) is 3.75. The zero-order valence-corrected chi connectivity index (χ0v) is 19.1. The number of hydrogen-bond donors (Lipinski definition) is 0. The molecule has 7 nitrogen and oxygen atoms in total. The van der Waals surface area contributed by atoms with Crippen molar-refractivity contribution in [2.45, 2.75) is 85.4 Å². The van der Waals surface area contributed by atoms with Gasteiger partial charge in [0.2, 0.25) is 18.7 Å². The normalized spacial score (nSPS) is 43.0. The molecule has 2 saturated carbocycles. The van der Waals surface area contributed by atoms with Crippen LogP contribution in [0, 0.1) is 34.5 Å². The molecule has 2 aliphatic carbocycles. The second kappa shape index (κ2) is 7.61. The molecule has 4 rings (SSSR count). The Balaban J connectivity index is 1.66. The Bertz CT molecular complexity index is 802. The lowest BCUT2D eigenvalue weighted by Gasteiger charge is -2.51. The Morgan fingerprint density at radius 2 is 1.74 bits per heavy atom. The number of ether oxygens (including phenoxy) is 4. The van der Waals surface area contributed by atoms with Crippen molar-refractivity contribution >= 4 is 17.9 Å². The molecule has 0 N–H and O–H groups in total. The molecule has 0 aromatic rings. The van der Waals surface area contributed by atoms with Crippen molar-refractivity contribution in [1.82, 2.24) is 0 Å². The van der Waals surface area contributed by atoms with Gasteiger partial charge in [-0.05, 0) is 48.3 Å². The van der Waals surface area contributed by atoms with E-state index < -0.39 is 48.4 Å². The number of fused-ring (bicyclic) bond motifs is 3. The van der Waals surface area contributed by atoms with E-state index >= 15 is 0 Å². The molecule has 2 aliphatic heterocycles. The first-order chi connectivity index (χ1) is 14.5. The summed E-state index contributed by atoms with van der Waals surface area (Å²) in [6.07, 6.45) is 2.60. The van der Waals surface area contributed by atoms with Crippen molar-refractivity contribution < 1.29 is 33.3 Å². The van der Waals surface area contributed by atoms with Crippen molar-refractivity contribution in [1.29, 1.82) is 0 Å². The van der Waals surface area contributed by atoms with Gasteiger partial charge in [0.15, 0.2) is 0 Å². The molecule has 4 fully saturated rings. The van der Waals surface area contributed by atoms with E-state index in [0.717, 1.165) is 24.8 Å². The predicted molar refractivity (Wildman–Crippen MR) is 110 cm³/mol. The van der Waals surface area contributed by atoms with Crippen LogP contribution < -0.4 is 0 Å². The first-order valence-electron chi connectivity index (χ1n) is 11.3. The molecule has 2 heterocycles. The summed E-state index contributed by atoms with van der Waals surface area (Å²) >= 11 is 0. The summed E-state index contributed by atoms with van der Waals surface area (Å²) in [4.78, 5) is 35.9. The topological polar surface area (TPSA) is 88.1 Å². The highest BCUT2D eigenvalue weighted by atomic mass is 16.8. The SMILES string of the molecule is C=C([C@@H]1[C@@H]2OC(=O)[C@@H](OC(C)=O)[C@H]1[C@H](OC(C)=O)O2)[C@H]1CC[C@H]2C(C)(C)CCC[C@]12C. The van der Waals surface area contributed by atoms with Crippen molar-refractivity contribution in [3.63, 3.8) is 0 Å². The van der Waals surface area contributed by atoms with E-state index in [9.17, 15) is 14.4 Å². The third kappa shape index (κ3) is 3.59. The third-order valence-corrected chi connectivity index (χ3v) is 8.37.